The Labute approximate surface area is 110 Å². The van der Waals surface area contributed by atoms with Crippen LogP contribution in [0.2, 0.25) is 0 Å². The zero-order chi connectivity index (χ0) is 12.8. The summed E-state index contributed by atoms with van der Waals surface area (Å²) in [6, 6.07) is 4.04. The summed E-state index contributed by atoms with van der Waals surface area (Å²) in [5.41, 5.74) is 10.3. The Hall–Kier alpha value is -1.25. The predicted octanol–water partition coefficient (Wildman–Crippen LogP) is -0.874. The summed E-state index contributed by atoms with van der Waals surface area (Å²) in [6.45, 7) is -0.182. The van der Waals surface area contributed by atoms with E-state index in [4.69, 9.17) is 20.9 Å². The summed E-state index contributed by atoms with van der Waals surface area (Å²) in [6.07, 6.45) is -2.37. The SMILES string of the molecule is Cl.NCC(O)Oc1ccc(O)c(OC(O)CN)c1. The number of phenols is 1. The largest absolute Gasteiger partial charge is 0.504 e. The number of aliphatic hydroxyl groups excluding tert-OH is 2. The van der Waals surface area contributed by atoms with Crippen molar-refractivity contribution in [1.82, 2.24) is 0 Å². The molecule has 0 bridgehead atoms. The lowest BCUT2D eigenvalue weighted by Crippen LogP contribution is -2.26. The molecule has 1 rings (SSSR count). The van der Waals surface area contributed by atoms with Crippen LogP contribution >= 0.6 is 12.4 Å². The third-order valence-electron chi connectivity index (χ3n) is 1.87. The normalized spacial score (nSPS) is 13.3. The molecule has 7 N–H and O–H groups in total. The summed E-state index contributed by atoms with van der Waals surface area (Å²) < 4.78 is 9.94. The highest BCUT2D eigenvalue weighted by Crippen LogP contribution is 2.31. The molecule has 1 aromatic rings. The van der Waals surface area contributed by atoms with Gasteiger partial charge in [0.15, 0.2) is 11.5 Å². The molecule has 0 amide bonds. The Morgan fingerprint density at radius 3 is 2.17 bits per heavy atom. The first-order chi connectivity index (χ1) is 8.06. The van der Waals surface area contributed by atoms with Crippen LogP contribution in [0.3, 0.4) is 0 Å². The van der Waals surface area contributed by atoms with Crippen LogP contribution in [0.15, 0.2) is 18.2 Å². The van der Waals surface area contributed by atoms with E-state index in [0.717, 1.165) is 0 Å². The van der Waals surface area contributed by atoms with Crippen LogP contribution in [0.4, 0.5) is 0 Å². The van der Waals surface area contributed by atoms with E-state index in [0.29, 0.717) is 0 Å². The predicted molar refractivity (Wildman–Crippen MR) is 66.7 cm³/mol. The van der Waals surface area contributed by atoms with Gasteiger partial charge in [0.2, 0.25) is 12.6 Å². The standard InChI is InChI=1S/C10H16N2O5.ClH/c11-4-9(14)16-6-1-2-7(13)8(3-6)17-10(15)5-12;/h1-3,9-10,13-15H,4-5,11-12H2;1H. The molecule has 0 spiro atoms. The van der Waals surface area contributed by atoms with Gasteiger partial charge in [-0.25, -0.2) is 0 Å². The Morgan fingerprint density at radius 2 is 1.61 bits per heavy atom. The number of rotatable bonds is 6. The fraction of sp³-hybridized carbons (Fsp3) is 0.400. The van der Waals surface area contributed by atoms with Crippen molar-refractivity contribution in [3.05, 3.63) is 18.2 Å². The van der Waals surface area contributed by atoms with Crippen LogP contribution in [0.1, 0.15) is 0 Å². The van der Waals surface area contributed by atoms with Gasteiger partial charge in [-0.15, -0.1) is 12.4 Å². The highest BCUT2D eigenvalue weighted by Gasteiger charge is 2.11. The highest BCUT2D eigenvalue weighted by molar-refractivity contribution is 5.85. The second kappa shape index (κ2) is 7.96. The number of benzene rings is 1. The van der Waals surface area contributed by atoms with Crippen LogP contribution < -0.4 is 20.9 Å². The smallest absolute Gasteiger partial charge is 0.210 e. The molecule has 0 saturated heterocycles. The number of aliphatic hydroxyl groups is 2. The van der Waals surface area contributed by atoms with E-state index in [2.05, 4.69) is 0 Å². The lowest BCUT2D eigenvalue weighted by molar-refractivity contribution is -0.0147. The number of hydrogen-bond acceptors (Lipinski definition) is 7. The highest BCUT2D eigenvalue weighted by atomic mass is 35.5. The van der Waals surface area contributed by atoms with E-state index >= 15 is 0 Å². The molecular formula is C10H17ClN2O5. The summed E-state index contributed by atoms with van der Waals surface area (Å²) >= 11 is 0. The topological polar surface area (TPSA) is 131 Å². The Bertz CT molecular complexity index is 366. The average Bonchev–Trinajstić information content (AvgIpc) is 2.33. The summed E-state index contributed by atoms with van der Waals surface area (Å²) in [5, 5.41) is 27.8. The van der Waals surface area contributed by atoms with Gasteiger partial charge in [-0.05, 0) is 12.1 Å². The molecule has 0 aliphatic heterocycles. The van der Waals surface area contributed by atoms with Gasteiger partial charge in [0.25, 0.3) is 0 Å². The first-order valence-corrected chi connectivity index (χ1v) is 4.99. The number of aromatic hydroxyl groups is 1. The molecule has 8 heteroatoms. The van der Waals surface area contributed by atoms with E-state index in [1.807, 2.05) is 0 Å². The zero-order valence-corrected chi connectivity index (χ0v) is 10.3. The molecule has 1 aromatic carbocycles. The molecule has 2 unspecified atom stereocenters. The van der Waals surface area contributed by atoms with E-state index < -0.39 is 12.6 Å². The van der Waals surface area contributed by atoms with E-state index in [9.17, 15) is 15.3 Å². The van der Waals surface area contributed by atoms with Gasteiger partial charge in [0.1, 0.15) is 5.75 Å². The summed E-state index contributed by atoms with van der Waals surface area (Å²) in [4.78, 5) is 0. The van der Waals surface area contributed by atoms with Crippen molar-refractivity contribution in [2.24, 2.45) is 11.5 Å². The average molecular weight is 281 g/mol. The number of halogens is 1. The first-order valence-electron chi connectivity index (χ1n) is 4.99. The van der Waals surface area contributed by atoms with Gasteiger partial charge in [0.05, 0.1) is 13.1 Å². The van der Waals surface area contributed by atoms with Crippen molar-refractivity contribution in [1.29, 1.82) is 0 Å². The molecule has 0 heterocycles. The molecule has 0 aromatic heterocycles. The summed E-state index contributed by atoms with van der Waals surface area (Å²) in [7, 11) is 0. The Kier molecular flexibility index (Phi) is 7.41. The van der Waals surface area contributed by atoms with Crippen LogP contribution in [0.5, 0.6) is 17.2 Å². The van der Waals surface area contributed by atoms with Crippen molar-refractivity contribution in [3.63, 3.8) is 0 Å². The molecule has 7 nitrogen and oxygen atoms in total. The summed E-state index contributed by atoms with van der Waals surface area (Å²) in [5.74, 6) is 0.0803. The molecule has 0 aliphatic rings. The molecule has 0 aliphatic carbocycles. The van der Waals surface area contributed by atoms with Gasteiger partial charge in [-0.2, -0.15) is 0 Å². The second-order valence-electron chi connectivity index (χ2n) is 3.25. The van der Waals surface area contributed by atoms with Gasteiger partial charge >= 0.3 is 0 Å². The maximum Gasteiger partial charge on any atom is 0.210 e. The lowest BCUT2D eigenvalue weighted by Gasteiger charge is -2.15. The number of ether oxygens (including phenoxy) is 2. The van der Waals surface area contributed by atoms with E-state index in [-0.39, 0.29) is 42.7 Å². The first kappa shape index (κ1) is 16.8. The van der Waals surface area contributed by atoms with Gasteiger partial charge in [-0.3, -0.25) is 0 Å². The molecule has 18 heavy (non-hydrogen) atoms. The molecular weight excluding hydrogens is 264 g/mol. The fourth-order valence-corrected chi connectivity index (χ4v) is 1.06. The van der Waals surface area contributed by atoms with Crippen molar-refractivity contribution in [3.8, 4) is 17.2 Å². The van der Waals surface area contributed by atoms with Gasteiger partial charge < -0.3 is 36.3 Å². The minimum atomic E-state index is -1.23. The minimum absolute atomic E-state index is 0. The molecule has 104 valence electrons. The third-order valence-corrected chi connectivity index (χ3v) is 1.87. The molecule has 0 saturated carbocycles. The van der Waals surface area contributed by atoms with Crippen LogP contribution in [-0.2, 0) is 0 Å². The van der Waals surface area contributed by atoms with Crippen LogP contribution in [0.25, 0.3) is 0 Å². The number of hydrogen-bond donors (Lipinski definition) is 5. The maximum absolute atomic E-state index is 9.45. The quantitative estimate of drug-likeness (QED) is 0.428. The Balaban J connectivity index is 0.00000289. The number of nitrogens with two attached hydrogens (primary N) is 2. The lowest BCUT2D eigenvalue weighted by atomic mass is 10.3. The molecule has 2 atom stereocenters. The number of phenolic OH excluding ortho intramolecular Hbond substituents is 1. The van der Waals surface area contributed by atoms with Gasteiger partial charge in [-0.1, -0.05) is 0 Å². The van der Waals surface area contributed by atoms with Crippen molar-refractivity contribution in [2.75, 3.05) is 13.1 Å². The van der Waals surface area contributed by atoms with E-state index in [1.54, 1.807) is 0 Å². The van der Waals surface area contributed by atoms with Crippen LogP contribution in [0, 0.1) is 0 Å². The molecule has 0 radical (unpaired) electrons. The zero-order valence-electron chi connectivity index (χ0n) is 9.52. The van der Waals surface area contributed by atoms with Crippen molar-refractivity contribution in [2.45, 2.75) is 12.6 Å². The van der Waals surface area contributed by atoms with Crippen LogP contribution in [-0.4, -0.2) is 41.0 Å². The minimum Gasteiger partial charge on any atom is -0.504 e. The molecule has 0 fully saturated rings. The fourth-order valence-electron chi connectivity index (χ4n) is 1.06. The van der Waals surface area contributed by atoms with Crippen molar-refractivity contribution >= 4 is 12.4 Å². The third kappa shape index (κ3) is 4.94. The maximum atomic E-state index is 9.45. The second-order valence-corrected chi connectivity index (χ2v) is 3.25. The van der Waals surface area contributed by atoms with Gasteiger partial charge in [0, 0.05) is 6.07 Å². The van der Waals surface area contributed by atoms with Crippen molar-refractivity contribution < 1.29 is 24.8 Å². The monoisotopic (exact) mass is 280 g/mol. The van der Waals surface area contributed by atoms with E-state index in [1.165, 1.54) is 18.2 Å². The Morgan fingerprint density at radius 1 is 1.06 bits per heavy atom.